The monoisotopic (exact) mass is 814 g/mol. The SMILES string of the molecule is CCC.c1ccc2cc(-c3nc(-c4ccc5c(c4)oc4ccccc45)nc(-n4c5ccc6ccccc6c5c5cccc(-c6ccc7sc8ccccc8c7c6)c54)n3)ccc2c1. The fourth-order valence-corrected chi connectivity index (χ4v) is 10.2. The van der Waals surface area contributed by atoms with Crippen LogP contribution < -0.4 is 0 Å². The van der Waals surface area contributed by atoms with Crippen molar-refractivity contribution < 1.29 is 4.42 Å². The summed E-state index contributed by atoms with van der Waals surface area (Å²) >= 11 is 1.84. The van der Waals surface area contributed by atoms with Crippen LogP contribution in [0.1, 0.15) is 20.3 Å². The lowest BCUT2D eigenvalue weighted by molar-refractivity contribution is 0.669. The van der Waals surface area contributed by atoms with Crippen molar-refractivity contribution in [2.45, 2.75) is 20.3 Å². The molecule has 0 unspecified atom stereocenters. The van der Waals surface area contributed by atoms with E-state index in [0.717, 1.165) is 71.4 Å². The van der Waals surface area contributed by atoms with Gasteiger partial charge in [0.1, 0.15) is 11.2 Å². The van der Waals surface area contributed by atoms with Crippen LogP contribution in [0.25, 0.3) is 125 Å². The Labute approximate surface area is 361 Å². The van der Waals surface area contributed by atoms with Gasteiger partial charge >= 0.3 is 0 Å². The number of fused-ring (bicyclic) bond motifs is 12. The maximum absolute atomic E-state index is 6.38. The third-order valence-electron chi connectivity index (χ3n) is 11.8. The van der Waals surface area contributed by atoms with Gasteiger partial charge in [0, 0.05) is 58.4 Å². The molecule has 13 aromatic rings. The summed E-state index contributed by atoms with van der Waals surface area (Å²) in [6.07, 6.45) is 1.25. The van der Waals surface area contributed by atoms with E-state index in [9.17, 15) is 0 Å². The van der Waals surface area contributed by atoms with Crippen LogP contribution in [0.4, 0.5) is 0 Å². The lowest BCUT2D eigenvalue weighted by Gasteiger charge is -2.13. The molecule has 0 radical (unpaired) electrons. The molecular formula is C56H38N4OS. The van der Waals surface area contributed by atoms with Crippen LogP contribution in [-0.4, -0.2) is 19.5 Å². The number of benzene rings is 9. The quantitative estimate of drug-likeness (QED) is 0.178. The van der Waals surface area contributed by atoms with Crippen molar-refractivity contribution >= 4 is 96.8 Å². The molecule has 0 aliphatic heterocycles. The van der Waals surface area contributed by atoms with Gasteiger partial charge in [0.2, 0.25) is 5.95 Å². The van der Waals surface area contributed by atoms with Crippen molar-refractivity contribution in [2.75, 3.05) is 0 Å². The minimum Gasteiger partial charge on any atom is -0.456 e. The molecule has 62 heavy (non-hydrogen) atoms. The molecule has 0 aliphatic rings. The van der Waals surface area contributed by atoms with Gasteiger partial charge in [0.05, 0.1) is 11.0 Å². The van der Waals surface area contributed by atoms with Crippen LogP contribution in [-0.2, 0) is 0 Å². The van der Waals surface area contributed by atoms with Crippen molar-refractivity contribution in [3.05, 3.63) is 182 Å². The van der Waals surface area contributed by atoms with Gasteiger partial charge in [-0.25, -0.2) is 4.98 Å². The molecule has 4 aromatic heterocycles. The fraction of sp³-hybridized carbons (Fsp3) is 0.0536. The van der Waals surface area contributed by atoms with Crippen LogP contribution >= 0.6 is 11.3 Å². The second kappa shape index (κ2) is 14.5. The summed E-state index contributed by atoms with van der Waals surface area (Å²) in [6, 6.07) is 64.5. The number of hydrogen-bond acceptors (Lipinski definition) is 5. The van der Waals surface area contributed by atoms with Crippen molar-refractivity contribution in [2.24, 2.45) is 0 Å². The van der Waals surface area contributed by atoms with E-state index >= 15 is 0 Å². The predicted octanol–water partition coefficient (Wildman–Crippen LogP) is 16.0. The summed E-state index contributed by atoms with van der Waals surface area (Å²) in [6.45, 7) is 4.25. The van der Waals surface area contributed by atoms with Gasteiger partial charge in [-0.05, 0) is 75.6 Å². The molecule has 0 fully saturated rings. The van der Waals surface area contributed by atoms with Gasteiger partial charge in [-0.1, -0.05) is 154 Å². The highest BCUT2D eigenvalue weighted by Crippen LogP contribution is 2.43. The molecule has 0 bridgehead atoms. The van der Waals surface area contributed by atoms with Crippen molar-refractivity contribution in [1.82, 2.24) is 19.5 Å². The van der Waals surface area contributed by atoms with E-state index < -0.39 is 0 Å². The minimum atomic E-state index is 0.549. The first-order chi connectivity index (χ1) is 30.6. The molecule has 294 valence electrons. The highest BCUT2D eigenvalue weighted by atomic mass is 32.1. The Kier molecular flexibility index (Phi) is 8.47. The van der Waals surface area contributed by atoms with Crippen LogP contribution in [0.5, 0.6) is 0 Å². The summed E-state index contributed by atoms with van der Waals surface area (Å²) in [5, 5.41) is 11.6. The molecule has 0 atom stereocenters. The zero-order chi connectivity index (χ0) is 41.3. The highest BCUT2D eigenvalue weighted by molar-refractivity contribution is 7.25. The number of rotatable bonds is 4. The lowest BCUT2D eigenvalue weighted by atomic mass is 9.98. The molecule has 5 nitrogen and oxygen atoms in total. The summed E-state index contributed by atoms with van der Waals surface area (Å²) < 4.78 is 11.2. The molecular weight excluding hydrogens is 777 g/mol. The lowest BCUT2D eigenvalue weighted by Crippen LogP contribution is -2.07. The number of para-hydroxylation sites is 2. The zero-order valence-corrected chi connectivity index (χ0v) is 34.9. The second-order valence-electron chi connectivity index (χ2n) is 15.9. The highest BCUT2D eigenvalue weighted by Gasteiger charge is 2.23. The smallest absolute Gasteiger partial charge is 0.238 e. The van der Waals surface area contributed by atoms with E-state index in [1.807, 2.05) is 29.5 Å². The summed E-state index contributed by atoms with van der Waals surface area (Å²) in [4.78, 5) is 16.0. The molecule has 0 aliphatic carbocycles. The van der Waals surface area contributed by atoms with E-state index in [1.165, 1.54) is 42.8 Å². The predicted molar refractivity (Wildman–Crippen MR) is 262 cm³/mol. The number of aromatic nitrogens is 4. The topological polar surface area (TPSA) is 56.7 Å². The van der Waals surface area contributed by atoms with E-state index in [0.29, 0.717) is 17.6 Å². The van der Waals surface area contributed by atoms with Gasteiger partial charge in [-0.2, -0.15) is 9.97 Å². The largest absolute Gasteiger partial charge is 0.456 e. The number of thiophene rings is 1. The van der Waals surface area contributed by atoms with Gasteiger partial charge in [0.25, 0.3) is 0 Å². The molecule has 0 spiro atoms. The molecule has 4 heterocycles. The Hall–Kier alpha value is -7.67. The molecule has 0 amide bonds. The normalized spacial score (nSPS) is 11.8. The molecule has 13 rings (SSSR count). The molecule has 0 saturated heterocycles. The van der Waals surface area contributed by atoms with Gasteiger partial charge in [0.15, 0.2) is 11.6 Å². The molecule has 0 N–H and O–H groups in total. The van der Waals surface area contributed by atoms with Crippen molar-refractivity contribution in [1.29, 1.82) is 0 Å². The summed E-state index contributed by atoms with van der Waals surface area (Å²) in [7, 11) is 0. The number of furan rings is 1. The van der Waals surface area contributed by atoms with Gasteiger partial charge in [-0.15, -0.1) is 11.3 Å². The first-order valence-electron chi connectivity index (χ1n) is 21.2. The maximum Gasteiger partial charge on any atom is 0.238 e. The zero-order valence-electron chi connectivity index (χ0n) is 34.1. The number of hydrogen-bond donors (Lipinski definition) is 0. The first-order valence-corrected chi connectivity index (χ1v) is 22.0. The summed E-state index contributed by atoms with van der Waals surface area (Å²) in [5.74, 6) is 1.72. The van der Waals surface area contributed by atoms with Crippen LogP contribution in [0, 0.1) is 0 Å². The van der Waals surface area contributed by atoms with Crippen LogP contribution in [0.2, 0.25) is 0 Å². The fourth-order valence-electron chi connectivity index (χ4n) is 9.09. The van der Waals surface area contributed by atoms with Gasteiger partial charge < -0.3 is 4.42 Å². The third-order valence-corrected chi connectivity index (χ3v) is 13.0. The van der Waals surface area contributed by atoms with Crippen molar-refractivity contribution in [3.63, 3.8) is 0 Å². The molecule has 9 aromatic carbocycles. The average Bonchev–Trinajstić information content (AvgIpc) is 4.01. The second-order valence-corrected chi connectivity index (χ2v) is 17.0. The Morgan fingerprint density at radius 2 is 1.08 bits per heavy atom. The summed E-state index contributed by atoms with van der Waals surface area (Å²) in [5.41, 5.74) is 7.74. The van der Waals surface area contributed by atoms with Crippen LogP contribution in [0.3, 0.4) is 0 Å². The first kappa shape index (κ1) is 36.2. The average molecular weight is 815 g/mol. The Morgan fingerprint density at radius 3 is 1.94 bits per heavy atom. The van der Waals surface area contributed by atoms with Crippen molar-refractivity contribution in [3.8, 4) is 39.9 Å². The standard InChI is InChI=1S/C53H30N4OS.C3H8/c1-2-12-33-28-35(21-20-31(33)10-1)51-54-52(36-22-25-40-39-14-5-7-18-45(39)58-46(40)30-36)56-53(55-51)57-44-26-23-32-11-3-4-13-37(32)49(44)42-17-9-16-38(50(42)57)34-24-27-48-43(29-34)41-15-6-8-19-47(41)59-48;1-3-2/h1-30H;3H2,1-2H3. The van der Waals surface area contributed by atoms with E-state index in [-0.39, 0.29) is 0 Å². The Morgan fingerprint density at radius 1 is 0.452 bits per heavy atom. The maximum atomic E-state index is 6.38. The molecule has 0 saturated carbocycles. The molecule has 6 heteroatoms. The van der Waals surface area contributed by atoms with E-state index in [4.69, 9.17) is 19.4 Å². The Balaban J connectivity index is 0.00000133. The van der Waals surface area contributed by atoms with E-state index in [1.54, 1.807) is 0 Å². The Bertz CT molecular complexity index is 3890. The van der Waals surface area contributed by atoms with Crippen LogP contribution in [0.15, 0.2) is 186 Å². The minimum absolute atomic E-state index is 0.549. The van der Waals surface area contributed by atoms with E-state index in [2.05, 4.69) is 182 Å². The number of nitrogens with zero attached hydrogens (tertiary/aromatic N) is 4. The third kappa shape index (κ3) is 5.79. The van der Waals surface area contributed by atoms with Gasteiger partial charge in [-0.3, -0.25) is 4.57 Å².